The van der Waals surface area contributed by atoms with Gasteiger partial charge < -0.3 is 4.90 Å². The summed E-state index contributed by atoms with van der Waals surface area (Å²) in [7, 11) is 0. The highest BCUT2D eigenvalue weighted by atomic mass is 15.5. The topological polar surface area (TPSA) is 61.0 Å². The van der Waals surface area contributed by atoms with Crippen LogP contribution in [0, 0.1) is 0 Å². The number of pyridine rings is 1. The maximum Gasteiger partial charge on any atom is 0.134 e. The van der Waals surface area contributed by atoms with Crippen molar-refractivity contribution in [1.82, 2.24) is 14.9 Å². The van der Waals surface area contributed by atoms with Crippen LogP contribution in [-0.2, 0) is 0 Å². The highest BCUT2D eigenvalue weighted by Crippen LogP contribution is 2.27. The number of anilines is 1. The minimum atomic E-state index is 0.132. The highest BCUT2D eigenvalue weighted by molar-refractivity contribution is 6.01. The van der Waals surface area contributed by atoms with Crippen molar-refractivity contribution < 1.29 is 0 Å². The Balaban J connectivity index is 1.05. The standard InChI is InChI=1S/C25H34N6/c26-31-19-21-8-2-4-10-23(21)28-25(31)11-5-6-14-29-15-17-30(18-16-29)24-13-12-20-7-1-3-9-22(20)27-24/h1,3,7,9,12-13,19,25H,2,4-6,8,10-11,14-18,26H2. The third kappa shape index (κ3) is 4.75. The molecule has 6 heteroatoms. The van der Waals surface area contributed by atoms with E-state index in [1.807, 2.05) is 5.01 Å². The van der Waals surface area contributed by atoms with Gasteiger partial charge in [-0.3, -0.25) is 14.9 Å². The zero-order valence-corrected chi connectivity index (χ0v) is 18.4. The Hall–Kier alpha value is -2.44. The van der Waals surface area contributed by atoms with Crippen LogP contribution in [0.2, 0.25) is 0 Å². The summed E-state index contributed by atoms with van der Waals surface area (Å²) < 4.78 is 0. The van der Waals surface area contributed by atoms with Crippen molar-refractivity contribution in [1.29, 1.82) is 0 Å². The first-order valence-electron chi connectivity index (χ1n) is 11.9. The zero-order valence-electron chi connectivity index (χ0n) is 18.4. The van der Waals surface area contributed by atoms with Crippen LogP contribution in [0.4, 0.5) is 5.82 Å². The smallest absolute Gasteiger partial charge is 0.134 e. The van der Waals surface area contributed by atoms with Crippen molar-refractivity contribution in [2.75, 3.05) is 37.6 Å². The SMILES string of the molecule is NN1C=C2CCCCC2=NC1CCCCN1CCN(c2ccc3ccccc3n2)CC1. The lowest BCUT2D eigenvalue weighted by Crippen LogP contribution is -2.47. The van der Waals surface area contributed by atoms with Gasteiger partial charge in [0.1, 0.15) is 12.0 Å². The molecule has 3 aliphatic rings. The number of nitrogens with two attached hydrogens (primary N) is 1. The van der Waals surface area contributed by atoms with Gasteiger partial charge in [0.05, 0.1) is 5.52 Å². The monoisotopic (exact) mass is 418 g/mol. The van der Waals surface area contributed by atoms with Crippen molar-refractivity contribution in [2.24, 2.45) is 10.8 Å². The molecule has 1 aliphatic carbocycles. The number of nitrogens with zero attached hydrogens (tertiary/aromatic N) is 5. The van der Waals surface area contributed by atoms with Crippen LogP contribution in [0.1, 0.15) is 44.9 Å². The van der Waals surface area contributed by atoms with Gasteiger partial charge in [-0.2, -0.15) is 0 Å². The summed E-state index contributed by atoms with van der Waals surface area (Å²) in [6.45, 7) is 5.47. The van der Waals surface area contributed by atoms with Crippen LogP contribution in [0.3, 0.4) is 0 Å². The van der Waals surface area contributed by atoms with Crippen molar-refractivity contribution in [3.8, 4) is 0 Å². The molecule has 2 fully saturated rings. The summed E-state index contributed by atoms with van der Waals surface area (Å²) in [4.78, 5) is 14.8. The Labute approximate surface area is 185 Å². The normalized spacial score (nSPS) is 22.3. The summed E-state index contributed by atoms with van der Waals surface area (Å²) >= 11 is 0. The molecule has 6 nitrogen and oxygen atoms in total. The lowest BCUT2D eigenvalue weighted by atomic mass is 9.92. The number of hydrazine groups is 1. The van der Waals surface area contributed by atoms with E-state index in [-0.39, 0.29) is 6.17 Å². The molecule has 2 aromatic rings. The second-order valence-corrected chi connectivity index (χ2v) is 9.05. The zero-order chi connectivity index (χ0) is 21.0. The van der Waals surface area contributed by atoms with E-state index in [2.05, 4.69) is 52.4 Å². The number of rotatable bonds is 6. The molecule has 0 radical (unpaired) electrons. The molecule has 0 bridgehead atoms. The number of aromatic nitrogens is 1. The molecule has 1 saturated carbocycles. The predicted molar refractivity (Wildman–Crippen MR) is 128 cm³/mol. The number of aliphatic imine (C=N–C) groups is 1. The number of piperazine rings is 1. The lowest BCUT2D eigenvalue weighted by Gasteiger charge is -2.35. The summed E-state index contributed by atoms with van der Waals surface area (Å²) in [6.07, 6.45) is 10.5. The molecule has 31 heavy (non-hydrogen) atoms. The van der Waals surface area contributed by atoms with Gasteiger partial charge in [0.2, 0.25) is 0 Å². The number of benzene rings is 1. The summed E-state index contributed by atoms with van der Waals surface area (Å²) in [5.74, 6) is 7.35. The van der Waals surface area contributed by atoms with Crippen molar-refractivity contribution in [2.45, 2.75) is 51.1 Å². The molecule has 164 valence electrons. The molecule has 3 heterocycles. The molecule has 2 N–H and O–H groups in total. The van der Waals surface area contributed by atoms with E-state index < -0.39 is 0 Å². The van der Waals surface area contributed by atoms with Crippen molar-refractivity contribution in [3.63, 3.8) is 0 Å². The first kappa shape index (κ1) is 20.5. The van der Waals surface area contributed by atoms with Crippen LogP contribution in [0.5, 0.6) is 0 Å². The molecule has 5 rings (SSSR count). The minimum Gasteiger partial charge on any atom is -0.354 e. The highest BCUT2D eigenvalue weighted by Gasteiger charge is 2.23. The number of fused-ring (bicyclic) bond motifs is 2. The number of hydrogen-bond acceptors (Lipinski definition) is 6. The minimum absolute atomic E-state index is 0.132. The third-order valence-electron chi connectivity index (χ3n) is 6.90. The number of unbranched alkanes of at least 4 members (excludes halogenated alkanes) is 1. The molecule has 0 spiro atoms. The van der Waals surface area contributed by atoms with Crippen LogP contribution < -0.4 is 10.7 Å². The van der Waals surface area contributed by atoms with E-state index in [1.54, 1.807) is 0 Å². The van der Waals surface area contributed by atoms with E-state index in [0.29, 0.717) is 0 Å². The quantitative estimate of drug-likeness (QED) is 0.569. The van der Waals surface area contributed by atoms with Gasteiger partial charge in [0.25, 0.3) is 0 Å². The molecule has 1 aromatic heterocycles. The molecule has 1 unspecified atom stereocenters. The molecule has 0 amide bonds. The largest absolute Gasteiger partial charge is 0.354 e. The predicted octanol–water partition coefficient (Wildman–Crippen LogP) is 3.94. The van der Waals surface area contributed by atoms with Crippen LogP contribution in [0.25, 0.3) is 10.9 Å². The van der Waals surface area contributed by atoms with Gasteiger partial charge in [0, 0.05) is 43.5 Å². The summed E-state index contributed by atoms with van der Waals surface area (Å²) in [5.41, 5.74) is 3.76. The molecule has 1 aromatic carbocycles. The molecular weight excluding hydrogens is 384 g/mol. The second kappa shape index (κ2) is 9.37. The Kier molecular flexibility index (Phi) is 6.18. The van der Waals surface area contributed by atoms with Gasteiger partial charge in [-0.25, -0.2) is 10.8 Å². The van der Waals surface area contributed by atoms with Crippen LogP contribution in [-0.4, -0.2) is 59.5 Å². The maximum absolute atomic E-state index is 6.24. The van der Waals surface area contributed by atoms with E-state index in [4.69, 9.17) is 15.8 Å². The fraction of sp³-hybridized carbons (Fsp3) is 0.520. The van der Waals surface area contributed by atoms with E-state index in [0.717, 1.165) is 63.3 Å². The Morgan fingerprint density at radius 1 is 0.935 bits per heavy atom. The Bertz CT molecular complexity index is 959. The van der Waals surface area contributed by atoms with Gasteiger partial charge in [-0.1, -0.05) is 18.2 Å². The Morgan fingerprint density at radius 3 is 2.68 bits per heavy atom. The summed E-state index contributed by atoms with van der Waals surface area (Å²) in [6, 6.07) is 12.7. The average Bonchev–Trinajstić information content (AvgIpc) is 2.82. The molecular formula is C25H34N6. The number of para-hydroxylation sites is 1. The van der Waals surface area contributed by atoms with Gasteiger partial charge in [0.15, 0.2) is 0 Å². The first-order valence-corrected chi connectivity index (χ1v) is 11.9. The molecule has 2 aliphatic heterocycles. The molecule has 1 atom stereocenters. The number of allylic oxidation sites excluding steroid dienone is 1. The first-order chi connectivity index (χ1) is 15.3. The van der Waals surface area contributed by atoms with Gasteiger partial charge >= 0.3 is 0 Å². The fourth-order valence-corrected chi connectivity index (χ4v) is 5.02. The number of hydrogen-bond donors (Lipinski definition) is 1. The Morgan fingerprint density at radius 2 is 1.77 bits per heavy atom. The fourth-order valence-electron chi connectivity index (χ4n) is 5.02. The maximum atomic E-state index is 6.24. The van der Waals surface area contributed by atoms with E-state index >= 15 is 0 Å². The van der Waals surface area contributed by atoms with E-state index in [9.17, 15) is 0 Å². The molecule has 1 saturated heterocycles. The van der Waals surface area contributed by atoms with Crippen LogP contribution >= 0.6 is 0 Å². The lowest BCUT2D eigenvalue weighted by molar-refractivity contribution is 0.235. The summed E-state index contributed by atoms with van der Waals surface area (Å²) in [5, 5.41) is 3.05. The van der Waals surface area contributed by atoms with Crippen molar-refractivity contribution >= 4 is 22.4 Å². The van der Waals surface area contributed by atoms with Gasteiger partial charge in [-0.05, 0) is 75.3 Å². The van der Waals surface area contributed by atoms with E-state index in [1.165, 1.54) is 42.4 Å². The van der Waals surface area contributed by atoms with Gasteiger partial charge in [-0.15, -0.1) is 0 Å². The third-order valence-corrected chi connectivity index (χ3v) is 6.90. The second-order valence-electron chi connectivity index (χ2n) is 9.05. The average molecular weight is 419 g/mol. The van der Waals surface area contributed by atoms with Crippen LogP contribution in [0.15, 0.2) is 53.2 Å². The van der Waals surface area contributed by atoms with Crippen molar-refractivity contribution in [3.05, 3.63) is 48.2 Å².